The van der Waals surface area contributed by atoms with E-state index in [1.54, 1.807) is 26.8 Å². The number of nitrogens with zero attached hydrogens (tertiary/aromatic N) is 2. The first-order valence-corrected chi connectivity index (χ1v) is 10.9. The lowest BCUT2D eigenvalue weighted by molar-refractivity contribution is -0.132. The Kier molecular flexibility index (Phi) is 5.64. The van der Waals surface area contributed by atoms with Crippen molar-refractivity contribution in [1.82, 2.24) is 10.1 Å². The average Bonchev–Trinajstić information content (AvgIpc) is 3.42. The van der Waals surface area contributed by atoms with E-state index < -0.39 is 29.4 Å². The smallest absolute Gasteiger partial charge is 0.301 e. The molecule has 1 aliphatic heterocycles. The van der Waals surface area contributed by atoms with Crippen LogP contribution in [0.1, 0.15) is 70.0 Å². The zero-order valence-corrected chi connectivity index (χ0v) is 19.6. The zero-order chi connectivity index (χ0) is 24.9. The number of Topliss-reactive ketones (excluding diaryl/α,β-unsaturated/α-hetero) is 1. The van der Waals surface area contributed by atoms with E-state index in [0.717, 1.165) is 5.56 Å². The fourth-order valence-electron chi connectivity index (χ4n) is 4.40. The second kappa shape index (κ2) is 8.33. The molecule has 2 amide bonds. The van der Waals surface area contributed by atoms with Crippen molar-refractivity contribution in [3.63, 3.8) is 0 Å². The third-order valence-corrected chi connectivity index (χ3v) is 6.15. The number of amides is 2. The van der Waals surface area contributed by atoms with E-state index in [2.05, 4.69) is 24.0 Å². The molecule has 1 saturated heterocycles. The summed E-state index contributed by atoms with van der Waals surface area (Å²) in [7, 11) is 0. The minimum atomic E-state index is -0.948. The summed E-state index contributed by atoms with van der Waals surface area (Å²) < 4.78 is 5.15. The molecule has 3 heterocycles. The van der Waals surface area contributed by atoms with Gasteiger partial charge in [0.15, 0.2) is 5.82 Å². The molecule has 0 spiro atoms. The van der Waals surface area contributed by atoms with Crippen LogP contribution in [0.4, 0.5) is 5.82 Å². The van der Waals surface area contributed by atoms with Gasteiger partial charge in [-0.3, -0.25) is 19.3 Å². The normalized spacial score (nSPS) is 17.7. The summed E-state index contributed by atoms with van der Waals surface area (Å²) >= 11 is 0. The second-order valence-electron chi connectivity index (χ2n) is 8.78. The third-order valence-electron chi connectivity index (χ3n) is 6.15. The van der Waals surface area contributed by atoms with Gasteiger partial charge in [-0.2, -0.15) is 0 Å². The van der Waals surface area contributed by atoms with E-state index in [1.165, 1.54) is 4.90 Å². The Morgan fingerprint density at radius 3 is 2.32 bits per heavy atom. The van der Waals surface area contributed by atoms with Crippen molar-refractivity contribution in [2.24, 2.45) is 5.73 Å². The van der Waals surface area contributed by atoms with E-state index in [9.17, 15) is 19.5 Å². The van der Waals surface area contributed by atoms with Crippen LogP contribution in [0.2, 0.25) is 0 Å². The molecule has 4 rings (SSSR count). The number of hydrogen-bond donors (Lipinski definition) is 3. The van der Waals surface area contributed by atoms with Gasteiger partial charge in [0.05, 0.1) is 11.6 Å². The van der Waals surface area contributed by atoms with Crippen molar-refractivity contribution >= 4 is 29.2 Å². The lowest BCUT2D eigenvalue weighted by atomic mass is 9.92. The maximum absolute atomic E-state index is 13.3. The largest absolute Gasteiger partial charge is 0.507 e. The molecular formula is C25H26N4O5. The highest BCUT2D eigenvalue weighted by atomic mass is 16.5. The molecule has 1 fully saturated rings. The van der Waals surface area contributed by atoms with Crippen LogP contribution in [0.3, 0.4) is 0 Å². The Hall–Kier alpha value is -4.14. The van der Waals surface area contributed by atoms with E-state index in [-0.39, 0.29) is 28.6 Å². The number of ketones is 1. The number of carbonyl (C=O) groups is 3. The van der Waals surface area contributed by atoms with Gasteiger partial charge in [-0.1, -0.05) is 43.3 Å². The van der Waals surface area contributed by atoms with Crippen LogP contribution in [0.25, 0.3) is 5.76 Å². The van der Waals surface area contributed by atoms with Gasteiger partial charge in [-0.25, -0.2) is 0 Å². The van der Waals surface area contributed by atoms with Crippen LogP contribution in [0.5, 0.6) is 0 Å². The van der Waals surface area contributed by atoms with Crippen LogP contribution in [0.15, 0.2) is 40.4 Å². The fourth-order valence-corrected chi connectivity index (χ4v) is 4.40. The Bertz CT molecular complexity index is 1340. The van der Waals surface area contributed by atoms with Gasteiger partial charge in [0.25, 0.3) is 11.7 Å². The number of carbonyl (C=O) groups excluding carboxylic acids is 3. The minimum Gasteiger partial charge on any atom is -0.507 e. The molecule has 9 heteroatoms. The number of aromatic amines is 1. The lowest BCUT2D eigenvalue weighted by Crippen LogP contribution is -2.29. The lowest BCUT2D eigenvalue weighted by Gasteiger charge is -2.23. The number of aryl methyl sites for hydroxylation is 2. The van der Waals surface area contributed by atoms with Gasteiger partial charge < -0.3 is 20.3 Å². The molecule has 4 N–H and O–H groups in total. The number of aliphatic hydroxyl groups is 1. The van der Waals surface area contributed by atoms with Crippen LogP contribution in [-0.4, -0.2) is 32.8 Å². The number of anilines is 1. The number of rotatable bonds is 5. The maximum Gasteiger partial charge on any atom is 0.301 e. The van der Waals surface area contributed by atoms with Crippen LogP contribution >= 0.6 is 0 Å². The van der Waals surface area contributed by atoms with E-state index in [1.807, 2.05) is 24.3 Å². The predicted molar refractivity (Wildman–Crippen MR) is 125 cm³/mol. The van der Waals surface area contributed by atoms with Crippen molar-refractivity contribution in [2.75, 3.05) is 4.90 Å². The van der Waals surface area contributed by atoms with Crippen molar-refractivity contribution in [2.45, 2.75) is 46.6 Å². The van der Waals surface area contributed by atoms with Crippen LogP contribution in [0, 0.1) is 20.8 Å². The quantitative estimate of drug-likeness (QED) is 0.299. The molecule has 1 atom stereocenters. The van der Waals surface area contributed by atoms with Gasteiger partial charge in [-0.05, 0) is 43.4 Å². The number of H-pyrrole nitrogens is 1. The minimum absolute atomic E-state index is 0.107. The molecule has 3 aromatic rings. The van der Waals surface area contributed by atoms with Crippen LogP contribution < -0.4 is 10.6 Å². The molecule has 0 aliphatic carbocycles. The molecule has 2 aromatic heterocycles. The van der Waals surface area contributed by atoms with Gasteiger partial charge in [0.2, 0.25) is 0 Å². The van der Waals surface area contributed by atoms with Crippen molar-refractivity contribution in [1.29, 1.82) is 0 Å². The van der Waals surface area contributed by atoms with E-state index in [0.29, 0.717) is 22.6 Å². The first-order chi connectivity index (χ1) is 16.0. The maximum atomic E-state index is 13.3. The number of aliphatic hydroxyl groups excluding tert-OH is 1. The summed E-state index contributed by atoms with van der Waals surface area (Å²) in [5.41, 5.74) is 8.25. The Morgan fingerprint density at radius 2 is 1.82 bits per heavy atom. The molecule has 34 heavy (non-hydrogen) atoms. The highest BCUT2D eigenvalue weighted by Crippen LogP contribution is 2.43. The zero-order valence-electron chi connectivity index (χ0n) is 19.6. The SMILES string of the molecule is Cc1cc(N2C(=O)C(=O)/C(=C(/O)c3c(C)[nH]c(C(N)=O)c3C)C2c2ccc(C(C)C)cc2)no1. The van der Waals surface area contributed by atoms with Gasteiger partial charge in [-0.15, -0.1) is 0 Å². The predicted octanol–water partition coefficient (Wildman–Crippen LogP) is 3.78. The number of hydrogen-bond acceptors (Lipinski definition) is 6. The third kappa shape index (κ3) is 3.59. The summed E-state index contributed by atoms with van der Waals surface area (Å²) in [4.78, 5) is 42.3. The monoisotopic (exact) mass is 462 g/mol. The summed E-state index contributed by atoms with van der Waals surface area (Å²) in [6, 6.07) is 8.10. The number of nitrogens with one attached hydrogen (secondary N) is 1. The number of aromatic nitrogens is 2. The summed E-state index contributed by atoms with van der Waals surface area (Å²) in [6.45, 7) is 9.07. The number of primary amides is 1. The number of nitrogens with two attached hydrogens (primary N) is 1. The molecule has 1 aromatic carbocycles. The first kappa shape index (κ1) is 23.0. The summed E-state index contributed by atoms with van der Waals surface area (Å²) in [6.07, 6.45) is 0. The first-order valence-electron chi connectivity index (χ1n) is 10.9. The molecule has 0 bridgehead atoms. The van der Waals surface area contributed by atoms with Gasteiger partial charge >= 0.3 is 5.91 Å². The van der Waals surface area contributed by atoms with Crippen molar-refractivity contribution < 1.29 is 24.0 Å². The molecular weight excluding hydrogens is 436 g/mol. The standard InChI is InChI=1S/C25H26N4O5/c1-11(2)15-6-8-16(9-7-15)21-19(22(30)18-13(4)20(24(26)32)27-14(18)5)23(31)25(33)29(21)17-10-12(3)34-28-17/h6-11,21,27,30H,1-5H3,(H2,26,32)/b22-19+. The number of benzene rings is 1. The van der Waals surface area contributed by atoms with Gasteiger partial charge in [0, 0.05) is 17.3 Å². The Morgan fingerprint density at radius 1 is 1.18 bits per heavy atom. The Labute approximate surface area is 196 Å². The van der Waals surface area contributed by atoms with E-state index in [4.69, 9.17) is 10.3 Å². The van der Waals surface area contributed by atoms with E-state index >= 15 is 0 Å². The molecule has 1 aliphatic rings. The molecule has 176 valence electrons. The highest BCUT2D eigenvalue weighted by molar-refractivity contribution is 6.51. The molecule has 1 unspecified atom stereocenters. The highest BCUT2D eigenvalue weighted by Gasteiger charge is 2.48. The summed E-state index contributed by atoms with van der Waals surface area (Å²) in [5.74, 6) is -1.87. The summed E-state index contributed by atoms with van der Waals surface area (Å²) in [5, 5.41) is 15.3. The fraction of sp³-hybridized carbons (Fsp3) is 0.280. The molecule has 0 saturated carbocycles. The molecule has 0 radical (unpaired) electrons. The van der Waals surface area contributed by atoms with Gasteiger partial charge in [0.1, 0.15) is 17.2 Å². The Balaban J connectivity index is 1.97. The second-order valence-corrected chi connectivity index (χ2v) is 8.78. The van der Waals surface area contributed by atoms with Crippen molar-refractivity contribution in [3.8, 4) is 0 Å². The topological polar surface area (TPSA) is 143 Å². The molecule has 9 nitrogen and oxygen atoms in total. The van der Waals surface area contributed by atoms with Crippen LogP contribution in [-0.2, 0) is 9.59 Å². The van der Waals surface area contributed by atoms with Crippen molar-refractivity contribution in [3.05, 3.63) is 75.3 Å². The average molecular weight is 463 g/mol.